The van der Waals surface area contributed by atoms with E-state index in [4.69, 9.17) is 9.47 Å². The third-order valence-electron chi connectivity index (χ3n) is 5.10. The molecular weight excluding hydrogens is 420 g/mol. The highest BCUT2D eigenvalue weighted by Gasteiger charge is 2.18. The fourth-order valence-electron chi connectivity index (χ4n) is 3.81. The molecule has 0 aliphatic heterocycles. The molecule has 0 amide bonds. The van der Waals surface area contributed by atoms with Crippen LogP contribution in [0.25, 0.3) is 0 Å². The molecular formula is C26H38N2O5. The lowest BCUT2D eigenvalue weighted by molar-refractivity contribution is -0.151. The summed E-state index contributed by atoms with van der Waals surface area (Å²) in [5, 5.41) is 23.1. The Morgan fingerprint density at radius 1 is 1.12 bits per heavy atom. The molecule has 7 nitrogen and oxygen atoms in total. The van der Waals surface area contributed by atoms with Gasteiger partial charge in [-0.15, -0.1) is 0 Å². The SMILES string of the molecule is CCCN(Cc1cc(Oc2c(C)cc(NC(O)C(=O)OCC)cc2C)ccc1O)CC(C)C. The highest BCUT2D eigenvalue weighted by molar-refractivity contribution is 5.77. The summed E-state index contributed by atoms with van der Waals surface area (Å²) < 4.78 is 11.0. The molecule has 0 aromatic heterocycles. The van der Waals surface area contributed by atoms with E-state index in [-0.39, 0.29) is 12.4 Å². The van der Waals surface area contributed by atoms with Gasteiger partial charge in [0.15, 0.2) is 0 Å². The average molecular weight is 459 g/mol. The number of nitrogens with one attached hydrogen (secondary N) is 1. The molecule has 2 rings (SSSR count). The highest BCUT2D eigenvalue weighted by atomic mass is 16.5. The maximum Gasteiger partial charge on any atom is 0.356 e. The number of anilines is 1. The molecule has 33 heavy (non-hydrogen) atoms. The Morgan fingerprint density at radius 2 is 1.79 bits per heavy atom. The van der Waals surface area contributed by atoms with Gasteiger partial charge >= 0.3 is 5.97 Å². The van der Waals surface area contributed by atoms with Gasteiger partial charge in [0.1, 0.15) is 17.2 Å². The molecule has 0 radical (unpaired) electrons. The van der Waals surface area contributed by atoms with Crippen LogP contribution >= 0.6 is 0 Å². The number of nitrogens with zero attached hydrogens (tertiary/aromatic N) is 1. The quantitative estimate of drug-likeness (QED) is 0.306. The molecule has 0 spiro atoms. The van der Waals surface area contributed by atoms with Gasteiger partial charge in [0.2, 0.25) is 6.23 Å². The zero-order valence-electron chi connectivity index (χ0n) is 20.6. The number of aromatic hydroxyl groups is 1. The van der Waals surface area contributed by atoms with Gasteiger partial charge in [0.05, 0.1) is 6.61 Å². The van der Waals surface area contributed by atoms with Crippen LogP contribution in [-0.2, 0) is 16.1 Å². The zero-order valence-corrected chi connectivity index (χ0v) is 20.6. The topological polar surface area (TPSA) is 91.3 Å². The molecule has 1 unspecified atom stereocenters. The molecule has 0 fully saturated rings. The van der Waals surface area contributed by atoms with Crippen LogP contribution in [0.2, 0.25) is 0 Å². The Hall–Kier alpha value is -2.77. The number of carbonyl (C=O) groups is 1. The van der Waals surface area contributed by atoms with Gasteiger partial charge in [-0.3, -0.25) is 4.90 Å². The van der Waals surface area contributed by atoms with E-state index in [1.165, 1.54) is 0 Å². The van der Waals surface area contributed by atoms with Crippen molar-refractivity contribution < 1.29 is 24.5 Å². The summed E-state index contributed by atoms with van der Waals surface area (Å²) in [6.45, 7) is 14.8. The lowest BCUT2D eigenvalue weighted by Gasteiger charge is -2.24. The minimum Gasteiger partial charge on any atom is -0.508 e. The summed E-state index contributed by atoms with van der Waals surface area (Å²) >= 11 is 0. The zero-order chi connectivity index (χ0) is 24.5. The number of phenolic OH excluding ortho intramolecular Hbond substituents is 1. The van der Waals surface area contributed by atoms with Crippen LogP contribution in [-0.4, -0.2) is 47.0 Å². The number of esters is 1. The molecule has 0 heterocycles. The predicted octanol–water partition coefficient (Wildman–Crippen LogP) is 4.96. The maximum absolute atomic E-state index is 11.7. The van der Waals surface area contributed by atoms with Crippen LogP contribution in [0.15, 0.2) is 30.3 Å². The first-order valence-electron chi connectivity index (χ1n) is 11.6. The number of aliphatic hydroxyl groups excluding tert-OH is 1. The van der Waals surface area contributed by atoms with Crippen molar-refractivity contribution in [3.63, 3.8) is 0 Å². The van der Waals surface area contributed by atoms with E-state index >= 15 is 0 Å². The number of benzene rings is 2. The van der Waals surface area contributed by atoms with Crippen molar-refractivity contribution in [2.75, 3.05) is 25.0 Å². The molecule has 0 aliphatic carbocycles. The monoisotopic (exact) mass is 458 g/mol. The molecule has 0 saturated heterocycles. The average Bonchev–Trinajstić information content (AvgIpc) is 2.72. The number of aryl methyl sites for hydroxylation is 2. The van der Waals surface area contributed by atoms with E-state index in [1.807, 2.05) is 19.9 Å². The lowest BCUT2D eigenvalue weighted by Crippen LogP contribution is -2.30. The lowest BCUT2D eigenvalue weighted by atomic mass is 10.1. The van der Waals surface area contributed by atoms with Crippen LogP contribution in [0.4, 0.5) is 5.69 Å². The van der Waals surface area contributed by atoms with E-state index in [0.717, 1.165) is 36.2 Å². The van der Waals surface area contributed by atoms with Crippen LogP contribution < -0.4 is 10.1 Å². The highest BCUT2D eigenvalue weighted by Crippen LogP contribution is 2.34. The fourth-order valence-corrected chi connectivity index (χ4v) is 3.81. The predicted molar refractivity (Wildman–Crippen MR) is 131 cm³/mol. The number of hydrogen-bond donors (Lipinski definition) is 3. The van der Waals surface area contributed by atoms with Crippen LogP contribution in [0.5, 0.6) is 17.2 Å². The Balaban J connectivity index is 2.20. The Kier molecular flexibility index (Phi) is 10.0. The Labute approximate surface area is 197 Å². The summed E-state index contributed by atoms with van der Waals surface area (Å²) in [6.07, 6.45) is -0.389. The minimum absolute atomic E-state index is 0.199. The van der Waals surface area contributed by atoms with Crippen molar-refractivity contribution in [2.24, 2.45) is 5.92 Å². The molecule has 1 atom stereocenters. The fraction of sp³-hybridized carbons (Fsp3) is 0.500. The summed E-state index contributed by atoms with van der Waals surface area (Å²) in [5.74, 6) is 1.41. The van der Waals surface area contributed by atoms with Crippen LogP contribution in [0.1, 0.15) is 50.8 Å². The van der Waals surface area contributed by atoms with Crippen molar-refractivity contribution in [3.05, 3.63) is 47.0 Å². The largest absolute Gasteiger partial charge is 0.508 e. The van der Waals surface area contributed by atoms with Crippen LogP contribution in [0, 0.1) is 19.8 Å². The van der Waals surface area contributed by atoms with Gasteiger partial charge in [-0.1, -0.05) is 20.8 Å². The second-order valence-corrected chi connectivity index (χ2v) is 8.76. The number of hydrogen-bond acceptors (Lipinski definition) is 7. The standard InChI is InChI=1S/C26H38N2O5/c1-7-11-28(15-17(3)4)16-20-14-22(9-10-23(20)29)33-24-18(5)12-21(13-19(24)6)27-25(30)26(31)32-8-2/h9-10,12-14,17,25,27,29-30H,7-8,11,15-16H2,1-6H3. The first kappa shape index (κ1) is 26.5. The van der Waals surface area contributed by atoms with E-state index in [0.29, 0.717) is 29.6 Å². The molecule has 7 heteroatoms. The van der Waals surface area contributed by atoms with Crippen LogP contribution in [0.3, 0.4) is 0 Å². The Bertz CT molecular complexity index is 906. The summed E-state index contributed by atoms with van der Waals surface area (Å²) in [6, 6.07) is 8.91. The second-order valence-electron chi connectivity index (χ2n) is 8.76. The van der Waals surface area contributed by atoms with Gasteiger partial charge < -0.3 is 25.0 Å². The molecule has 2 aromatic carbocycles. The normalized spacial score (nSPS) is 12.2. The van der Waals surface area contributed by atoms with Crippen molar-refractivity contribution in [2.45, 2.75) is 60.7 Å². The van der Waals surface area contributed by atoms with Gasteiger partial charge in [0.25, 0.3) is 0 Å². The smallest absolute Gasteiger partial charge is 0.356 e. The summed E-state index contributed by atoms with van der Waals surface area (Å²) in [4.78, 5) is 14.0. The molecule has 3 N–H and O–H groups in total. The minimum atomic E-state index is -1.44. The van der Waals surface area contributed by atoms with Gasteiger partial charge in [0, 0.05) is 24.3 Å². The summed E-state index contributed by atoms with van der Waals surface area (Å²) in [5.41, 5.74) is 3.10. The number of carbonyl (C=O) groups excluding carboxylic acids is 1. The number of phenols is 1. The molecule has 182 valence electrons. The number of aliphatic hydroxyl groups is 1. The Morgan fingerprint density at radius 3 is 2.36 bits per heavy atom. The maximum atomic E-state index is 11.7. The molecule has 0 saturated carbocycles. The van der Waals surface area contributed by atoms with Gasteiger partial charge in [-0.05, 0) is 81.1 Å². The van der Waals surface area contributed by atoms with Crippen molar-refractivity contribution in [1.29, 1.82) is 0 Å². The van der Waals surface area contributed by atoms with E-state index in [9.17, 15) is 15.0 Å². The molecule has 0 aliphatic rings. The van der Waals surface area contributed by atoms with Crippen molar-refractivity contribution in [1.82, 2.24) is 4.90 Å². The number of rotatable bonds is 12. The van der Waals surface area contributed by atoms with Gasteiger partial charge in [-0.2, -0.15) is 0 Å². The first-order chi connectivity index (χ1) is 15.6. The van der Waals surface area contributed by atoms with E-state index in [1.54, 1.807) is 31.2 Å². The van der Waals surface area contributed by atoms with Crippen molar-refractivity contribution >= 4 is 11.7 Å². The van der Waals surface area contributed by atoms with E-state index in [2.05, 4.69) is 31.0 Å². The third-order valence-corrected chi connectivity index (χ3v) is 5.10. The number of ether oxygens (including phenoxy) is 2. The molecule has 2 aromatic rings. The first-order valence-corrected chi connectivity index (χ1v) is 11.6. The van der Waals surface area contributed by atoms with E-state index < -0.39 is 12.2 Å². The third kappa shape index (κ3) is 7.94. The van der Waals surface area contributed by atoms with Gasteiger partial charge in [-0.25, -0.2) is 4.79 Å². The van der Waals surface area contributed by atoms with Crippen molar-refractivity contribution in [3.8, 4) is 17.2 Å². The molecule has 0 bridgehead atoms. The summed E-state index contributed by atoms with van der Waals surface area (Å²) in [7, 11) is 0. The second kappa shape index (κ2) is 12.5.